The zero-order valence-electron chi connectivity index (χ0n) is 26.2. The molecule has 234 valence electrons. The number of hydrogen-bond acceptors (Lipinski definition) is 3. The Hall–Kier alpha value is -3.84. The third kappa shape index (κ3) is 7.36. The van der Waals surface area contributed by atoms with E-state index >= 15 is 0 Å². The van der Waals surface area contributed by atoms with Gasteiger partial charge in [0.2, 0.25) is 17.7 Å². The predicted molar refractivity (Wildman–Crippen MR) is 189 cm³/mol. The monoisotopic (exact) mass is 663 g/mol. The van der Waals surface area contributed by atoms with Crippen LogP contribution in [-0.4, -0.2) is 56.5 Å². The Morgan fingerprint density at radius 3 is 0.911 bits per heavy atom. The zero-order valence-corrected chi connectivity index (χ0v) is 28.5. The van der Waals surface area contributed by atoms with E-state index in [0.717, 1.165) is 67.1 Å². The van der Waals surface area contributed by atoms with E-state index in [9.17, 15) is 14.4 Å². The Labute approximate surface area is 280 Å². The van der Waals surface area contributed by atoms with Crippen LogP contribution in [0.3, 0.4) is 0 Å². The SMILES string of the molecule is Cc1cc(N(C)C(=O)CCl)ccc1-c1cc(-c2ccc(N(C)C(=O)CCl)cc2C)cc(-c2ccc(N(C)C(=O)CCl)cc2C)c1. The van der Waals surface area contributed by atoms with Gasteiger partial charge in [-0.2, -0.15) is 0 Å². The number of anilines is 3. The molecule has 0 aliphatic heterocycles. The summed E-state index contributed by atoms with van der Waals surface area (Å²) in [6.45, 7) is 6.08. The molecule has 0 aliphatic carbocycles. The van der Waals surface area contributed by atoms with Crippen molar-refractivity contribution in [3.8, 4) is 33.4 Å². The fourth-order valence-electron chi connectivity index (χ4n) is 5.34. The highest BCUT2D eigenvalue weighted by atomic mass is 35.5. The van der Waals surface area contributed by atoms with Gasteiger partial charge in [-0.15, -0.1) is 34.8 Å². The van der Waals surface area contributed by atoms with Gasteiger partial charge in [-0.1, -0.05) is 18.2 Å². The van der Waals surface area contributed by atoms with Crippen molar-refractivity contribution >= 4 is 69.6 Å². The normalized spacial score (nSPS) is 10.9. The number of rotatable bonds is 9. The van der Waals surface area contributed by atoms with Crippen molar-refractivity contribution in [2.45, 2.75) is 20.8 Å². The van der Waals surface area contributed by atoms with Crippen molar-refractivity contribution < 1.29 is 14.4 Å². The number of hydrogen-bond donors (Lipinski definition) is 0. The first-order valence-corrected chi connectivity index (χ1v) is 16.0. The molecule has 0 atom stereocenters. The number of amides is 3. The van der Waals surface area contributed by atoms with Crippen LogP contribution in [0.4, 0.5) is 17.1 Å². The second-order valence-corrected chi connectivity index (χ2v) is 11.9. The average Bonchev–Trinajstić information content (AvgIpc) is 3.05. The maximum atomic E-state index is 12.2. The van der Waals surface area contributed by atoms with Gasteiger partial charge >= 0.3 is 0 Å². The molecule has 0 saturated carbocycles. The summed E-state index contributed by atoms with van der Waals surface area (Å²) in [6, 6.07) is 24.3. The molecule has 0 heterocycles. The van der Waals surface area contributed by atoms with Gasteiger partial charge in [0, 0.05) is 38.2 Å². The van der Waals surface area contributed by atoms with Crippen molar-refractivity contribution in [1.29, 1.82) is 0 Å². The quantitative estimate of drug-likeness (QED) is 0.170. The van der Waals surface area contributed by atoms with Crippen LogP contribution in [0.1, 0.15) is 16.7 Å². The maximum Gasteiger partial charge on any atom is 0.241 e. The molecule has 0 spiro atoms. The molecule has 6 nitrogen and oxygen atoms in total. The summed E-state index contributed by atoms with van der Waals surface area (Å²) in [5, 5.41) is 0. The second-order valence-electron chi connectivity index (χ2n) is 11.1. The summed E-state index contributed by atoms with van der Waals surface area (Å²) in [4.78, 5) is 41.3. The summed E-state index contributed by atoms with van der Waals surface area (Å²) >= 11 is 17.4. The van der Waals surface area contributed by atoms with Gasteiger partial charge in [0.15, 0.2) is 0 Å². The fraction of sp³-hybridized carbons (Fsp3) is 0.250. The molecule has 4 aromatic carbocycles. The highest BCUT2D eigenvalue weighted by Gasteiger charge is 2.17. The molecule has 0 unspecified atom stereocenters. The van der Waals surface area contributed by atoms with Crippen molar-refractivity contribution in [2.24, 2.45) is 0 Å². The first kappa shape index (κ1) is 34.0. The molecule has 0 radical (unpaired) electrons. The van der Waals surface area contributed by atoms with E-state index in [0.29, 0.717) is 0 Å². The Morgan fingerprint density at radius 1 is 0.467 bits per heavy atom. The van der Waals surface area contributed by atoms with Crippen LogP contribution in [0, 0.1) is 20.8 Å². The maximum absolute atomic E-state index is 12.2. The Kier molecular flexibility index (Phi) is 11.0. The number of aryl methyl sites for hydroxylation is 3. The summed E-state index contributed by atoms with van der Waals surface area (Å²) in [5.41, 5.74) is 11.4. The Morgan fingerprint density at radius 2 is 0.711 bits per heavy atom. The molecule has 0 aromatic heterocycles. The van der Waals surface area contributed by atoms with Crippen LogP contribution in [0.2, 0.25) is 0 Å². The first-order valence-electron chi connectivity index (χ1n) is 14.4. The van der Waals surface area contributed by atoms with E-state index in [4.69, 9.17) is 34.8 Å². The van der Waals surface area contributed by atoms with Crippen molar-refractivity contribution in [1.82, 2.24) is 0 Å². The van der Waals surface area contributed by atoms with Crippen LogP contribution in [0.15, 0.2) is 72.8 Å². The van der Waals surface area contributed by atoms with Crippen molar-refractivity contribution in [3.63, 3.8) is 0 Å². The van der Waals surface area contributed by atoms with Crippen LogP contribution < -0.4 is 14.7 Å². The number of carbonyl (C=O) groups excluding carboxylic acids is 3. The van der Waals surface area contributed by atoms with Gasteiger partial charge in [0.05, 0.1) is 0 Å². The molecule has 45 heavy (non-hydrogen) atoms. The average molecular weight is 665 g/mol. The lowest BCUT2D eigenvalue weighted by molar-refractivity contribution is -0.116. The molecular formula is C36H36Cl3N3O3. The molecule has 0 N–H and O–H groups in total. The minimum atomic E-state index is -0.178. The van der Waals surface area contributed by atoms with Gasteiger partial charge in [0.25, 0.3) is 0 Å². The molecule has 3 amide bonds. The van der Waals surface area contributed by atoms with Gasteiger partial charge in [-0.05, 0) is 125 Å². The lowest BCUT2D eigenvalue weighted by Crippen LogP contribution is -2.27. The molecule has 0 saturated heterocycles. The third-order valence-corrected chi connectivity index (χ3v) is 8.81. The lowest BCUT2D eigenvalue weighted by atomic mass is 9.89. The van der Waals surface area contributed by atoms with Crippen LogP contribution in [-0.2, 0) is 14.4 Å². The van der Waals surface area contributed by atoms with E-state index in [-0.39, 0.29) is 35.4 Å². The van der Waals surface area contributed by atoms with Gasteiger partial charge in [-0.25, -0.2) is 0 Å². The summed E-state index contributed by atoms with van der Waals surface area (Å²) in [5.74, 6) is -0.812. The van der Waals surface area contributed by atoms with E-state index < -0.39 is 0 Å². The standard InChI is InChI=1S/C36H36Cl3N3O3/c1-22-13-28(40(4)34(43)19-37)7-10-31(22)25-16-26(32-11-8-29(14-23(32)2)41(5)35(44)20-38)18-27(17-25)33-12-9-30(15-24(33)3)42(6)36(45)21-39/h7-18H,19-21H2,1-6H3. The fourth-order valence-corrected chi connectivity index (χ4v) is 5.87. The largest absolute Gasteiger partial charge is 0.314 e. The van der Waals surface area contributed by atoms with Gasteiger partial charge in [0.1, 0.15) is 17.6 Å². The van der Waals surface area contributed by atoms with Crippen LogP contribution >= 0.6 is 34.8 Å². The Bertz CT molecular complexity index is 1560. The second kappa shape index (κ2) is 14.5. The summed E-state index contributed by atoms with van der Waals surface area (Å²) in [6.07, 6.45) is 0. The smallest absolute Gasteiger partial charge is 0.241 e. The van der Waals surface area contributed by atoms with E-state index in [1.807, 2.05) is 75.4 Å². The molecule has 0 fully saturated rings. The number of nitrogens with zero attached hydrogens (tertiary/aromatic N) is 3. The molecule has 0 aliphatic rings. The van der Waals surface area contributed by atoms with E-state index in [1.165, 1.54) is 0 Å². The number of halogens is 3. The molecule has 0 bridgehead atoms. The molecule has 4 aromatic rings. The van der Waals surface area contributed by atoms with Crippen LogP contribution in [0.25, 0.3) is 33.4 Å². The number of alkyl halides is 3. The highest BCUT2D eigenvalue weighted by molar-refractivity contribution is 6.30. The molecule has 9 heteroatoms. The molecule has 4 rings (SSSR count). The van der Waals surface area contributed by atoms with E-state index in [1.54, 1.807) is 35.8 Å². The molecular weight excluding hydrogens is 629 g/mol. The summed E-state index contributed by atoms with van der Waals surface area (Å²) in [7, 11) is 5.15. The number of carbonyl (C=O) groups is 3. The minimum absolute atomic E-state index is 0.0926. The van der Waals surface area contributed by atoms with Crippen LogP contribution in [0.5, 0.6) is 0 Å². The van der Waals surface area contributed by atoms with Crippen molar-refractivity contribution in [2.75, 3.05) is 53.5 Å². The predicted octanol–water partition coefficient (Wildman–Crippen LogP) is 8.22. The topological polar surface area (TPSA) is 60.9 Å². The number of benzene rings is 4. The van der Waals surface area contributed by atoms with Gasteiger partial charge in [-0.3, -0.25) is 14.4 Å². The van der Waals surface area contributed by atoms with E-state index in [2.05, 4.69) is 18.2 Å². The Balaban J connectivity index is 1.88. The summed E-state index contributed by atoms with van der Waals surface area (Å²) < 4.78 is 0. The lowest BCUT2D eigenvalue weighted by Gasteiger charge is -2.21. The van der Waals surface area contributed by atoms with Crippen molar-refractivity contribution in [3.05, 3.63) is 89.5 Å². The first-order chi connectivity index (χ1) is 21.4. The zero-order chi connectivity index (χ0) is 33.0. The minimum Gasteiger partial charge on any atom is -0.314 e. The van der Waals surface area contributed by atoms with Gasteiger partial charge < -0.3 is 14.7 Å². The highest BCUT2D eigenvalue weighted by Crippen LogP contribution is 2.38. The third-order valence-electron chi connectivity index (χ3n) is 8.12.